The number of carboxylic acid groups (broad SMARTS) is 1. The second-order valence-corrected chi connectivity index (χ2v) is 10.7. The van der Waals surface area contributed by atoms with E-state index < -0.39 is 28.6 Å². The van der Waals surface area contributed by atoms with Crippen molar-refractivity contribution in [2.24, 2.45) is 5.92 Å². The molecule has 0 heterocycles. The van der Waals surface area contributed by atoms with Crippen LogP contribution >= 0.6 is 139 Å². The van der Waals surface area contributed by atoms with Crippen LogP contribution in [0.4, 0.5) is 0 Å². The first-order chi connectivity index (χ1) is 9.05. The lowest BCUT2D eigenvalue weighted by atomic mass is 10.2. The predicted octanol–water partition coefficient (Wildman–Crippen LogP) is 8.04. The van der Waals surface area contributed by atoms with Crippen molar-refractivity contribution in [3.63, 3.8) is 0 Å². The molecule has 2 nitrogen and oxygen atoms in total. The average molecular weight is 550 g/mol. The summed E-state index contributed by atoms with van der Waals surface area (Å²) in [5.74, 6) is -2.09. The molecule has 0 saturated heterocycles. The van der Waals surface area contributed by atoms with Gasteiger partial charge < -0.3 is 5.11 Å². The summed E-state index contributed by atoms with van der Waals surface area (Å²) in [6, 6.07) is 0. The molecule has 1 unspecified atom stereocenters. The minimum Gasteiger partial charge on any atom is -0.481 e. The van der Waals surface area contributed by atoms with Gasteiger partial charge in [-0.1, -0.05) is 139 Å². The Bertz CT molecular complexity index is 206. The van der Waals surface area contributed by atoms with E-state index in [1.807, 2.05) is 0 Å². The van der Waals surface area contributed by atoms with Crippen LogP contribution in [0.2, 0.25) is 0 Å². The third kappa shape index (κ3) is 60.1. The lowest BCUT2D eigenvalue weighted by molar-refractivity contribution is -0.140. The molecule has 0 aromatic heterocycles. The van der Waals surface area contributed by atoms with E-state index in [4.69, 9.17) is 144 Å². The van der Waals surface area contributed by atoms with Crippen LogP contribution in [0.15, 0.2) is 0 Å². The van der Waals surface area contributed by atoms with E-state index in [1.54, 1.807) is 0 Å². The van der Waals surface area contributed by atoms with Crippen molar-refractivity contribution in [3.05, 3.63) is 0 Å². The summed E-state index contributed by atoms with van der Waals surface area (Å²) in [5.41, 5.74) is 0. The van der Waals surface area contributed by atoms with E-state index in [-0.39, 0.29) is 0 Å². The normalized spacial score (nSPS) is 11.6. The molecule has 0 amide bonds. The Balaban J connectivity index is -0.000000102. The zero-order valence-electron chi connectivity index (χ0n) is 9.70. The molecule has 0 radical (unpaired) electrons. The molecule has 0 fully saturated rings. The Hall–Kier alpha value is 2.95. The van der Waals surface area contributed by atoms with Gasteiger partial charge in [0.05, 0.1) is 0 Å². The van der Waals surface area contributed by atoms with Crippen molar-refractivity contribution in [1.82, 2.24) is 0 Å². The Morgan fingerprint density at radius 2 is 0.905 bits per heavy atom. The molecule has 0 aliphatic rings. The Kier molecular flexibility index (Phi) is 29.1. The molecule has 1 atom stereocenters. The van der Waals surface area contributed by atoms with Crippen LogP contribution in [0.5, 0.6) is 0 Å². The molecule has 132 valence electrons. The van der Waals surface area contributed by atoms with Crippen molar-refractivity contribution < 1.29 is 9.90 Å². The zero-order valence-corrected chi connectivity index (χ0v) is 18.8. The van der Waals surface area contributed by atoms with Crippen molar-refractivity contribution in [1.29, 1.82) is 0 Å². The van der Waals surface area contributed by atoms with E-state index in [1.165, 1.54) is 6.92 Å². The lowest BCUT2D eigenvalue weighted by Crippen LogP contribution is -2.24. The molecule has 0 saturated carbocycles. The zero-order chi connectivity index (χ0) is 18.4. The Morgan fingerprint density at radius 1 is 0.762 bits per heavy atom. The van der Waals surface area contributed by atoms with Crippen molar-refractivity contribution in [2.75, 3.05) is 0 Å². The first-order valence-corrected chi connectivity index (χ1v) is 9.18. The summed E-state index contributed by atoms with van der Waals surface area (Å²) in [6.45, 7) is 1.33. The molecule has 0 aliphatic carbocycles. The van der Waals surface area contributed by atoms with Crippen LogP contribution in [0.1, 0.15) is 6.92 Å². The van der Waals surface area contributed by atoms with Gasteiger partial charge in [-0.3, -0.25) is 4.79 Å². The van der Waals surface area contributed by atoms with E-state index in [0.717, 1.165) is 0 Å². The molecule has 1 N–H and O–H groups in total. The number of carboxylic acids is 1. The van der Waals surface area contributed by atoms with E-state index >= 15 is 0 Å². The van der Waals surface area contributed by atoms with Crippen LogP contribution in [0.25, 0.3) is 0 Å². The number of hydrogen-bond acceptors (Lipinski definition) is 1. The van der Waals surface area contributed by atoms with Gasteiger partial charge in [-0.2, -0.15) is 0 Å². The Labute approximate surface area is 183 Å². The fourth-order valence-electron chi connectivity index (χ4n) is 0.140. The first-order valence-electron chi connectivity index (χ1n) is 4.11. The minimum absolute atomic E-state index is 0.750. The van der Waals surface area contributed by atoms with Gasteiger partial charge in [0.2, 0.25) is 3.79 Å². The monoisotopic (exact) mass is 544 g/mol. The summed E-state index contributed by atoms with van der Waals surface area (Å²) in [7, 11) is 0. The van der Waals surface area contributed by atoms with Gasteiger partial charge >= 0.3 is 5.97 Å². The minimum atomic E-state index is -1.70. The maximum absolute atomic E-state index is 10.1. The van der Waals surface area contributed by atoms with Crippen LogP contribution in [0, 0.1) is 5.92 Å². The fraction of sp³-hybridized carbons (Fsp3) is 0.857. The summed E-state index contributed by atoms with van der Waals surface area (Å²) in [4.78, 5) is 10.1. The second kappa shape index (κ2) is 19.3. The number of halogens is 12. The van der Waals surface area contributed by atoms with Crippen LogP contribution in [-0.2, 0) is 4.79 Å². The summed E-state index contributed by atoms with van der Waals surface area (Å²) in [5, 5.41) is 8.26. The number of hydrogen-bond donors (Lipinski definition) is 1. The van der Waals surface area contributed by atoms with Gasteiger partial charge in [0.15, 0.2) is 12.9 Å². The van der Waals surface area contributed by atoms with E-state index in [9.17, 15) is 4.79 Å². The highest BCUT2D eigenvalue weighted by Gasteiger charge is 2.33. The van der Waals surface area contributed by atoms with Gasteiger partial charge in [-0.05, 0) is 6.92 Å². The maximum Gasteiger partial charge on any atom is 0.310 e. The van der Waals surface area contributed by atoms with Crippen molar-refractivity contribution in [3.8, 4) is 0 Å². The van der Waals surface area contributed by atoms with E-state index in [0.29, 0.717) is 0 Å². The highest BCUT2D eigenvalue weighted by molar-refractivity contribution is 6.68. The molecule has 0 aliphatic heterocycles. The number of carbonyl (C=O) groups is 1. The molecule has 14 heteroatoms. The highest BCUT2D eigenvalue weighted by atomic mass is 35.6. The largest absolute Gasteiger partial charge is 0.481 e. The lowest BCUT2D eigenvalue weighted by Gasteiger charge is -2.14. The first kappa shape index (κ1) is 31.7. The molecule has 0 spiro atoms. The summed E-state index contributed by atoms with van der Waals surface area (Å²) < 4.78 is -3.95. The van der Waals surface area contributed by atoms with Crippen LogP contribution in [-0.4, -0.2) is 27.8 Å². The van der Waals surface area contributed by atoms with Crippen LogP contribution in [0.3, 0.4) is 0 Å². The van der Waals surface area contributed by atoms with Gasteiger partial charge in [-0.15, -0.1) is 0 Å². The van der Waals surface area contributed by atoms with E-state index in [2.05, 4.69) is 0 Å². The number of rotatable bonds is 1. The maximum atomic E-state index is 10.1. The summed E-state index contributed by atoms with van der Waals surface area (Å²) in [6.07, 6.45) is 0. The number of aliphatic carboxylic acids is 1. The van der Waals surface area contributed by atoms with Crippen molar-refractivity contribution >= 4 is 145 Å². The molecule has 0 rings (SSSR count). The van der Waals surface area contributed by atoms with Gasteiger partial charge in [0.25, 0.3) is 0 Å². The molecule has 0 bridgehead atoms. The van der Waals surface area contributed by atoms with Crippen LogP contribution < -0.4 is 0 Å². The average Bonchev–Trinajstić information content (AvgIpc) is 2.11. The Morgan fingerprint density at radius 3 is 0.905 bits per heavy atom. The molecule has 21 heavy (non-hydrogen) atoms. The molecule has 0 aromatic rings. The second-order valence-electron chi connectivity index (χ2n) is 2.34. The quantitative estimate of drug-likeness (QED) is 0.336. The smallest absolute Gasteiger partial charge is 0.310 e. The standard InChI is InChI=1S/C4H5Cl3O2.3CHCl3/c1-2(3(8)9)4(5,6)7;3*2-1(3)4/h2H,1H3,(H,8,9);3*1H. The SMILES string of the molecule is CC(C(=O)O)C(Cl)(Cl)Cl.ClC(Cl)Cl.ClC(Cl)Cl.ClC(Cl)Cl. The van der Waals surface area contributed by atoms with Gasteiger partial charge in [0, 0.05) is 0 Å². The summed E-state index contributed by atoms with van der Waals surface area (Å²) >= 11 is 58.9. The van der Waals surface area contributed by atoms with Gasteiger partial charge in [-0.25, -0.2) is 0 Å². The molecule has 0 aromatic carbocycles. The number of alkyl halides is 12. The third-order valence-corrected chi connectivity index (χ3v) is 1.84. The molecular formula is C7H8Cl12O2. The predicted molar refractivity (Wildman–Crippen MR) is 101 cm³/mol. The highest BCUT2D eigenvalue weighted by Crippen LogP contribution is 2.34. The van der Waals surface area contributed by atoms with Crippen molar-refractivity contribution in [2.45, 2.75) is 23.6 Å². The topological polar surface area (TPSA) is 37.3 Å². The van der Waals surface area contributed by atoms with Gasteiger partial charge in [0.1, 0.15) is 5.92 Å². The third-order valence-electron chi connectivity index (χ3n) is 0.861. The fourth-order valence-corrected chi connectivity index (χ4v) is 0.420. The molecular weight excluding hydrogens is 542 g/mol.